The molecule has 0 saturated carbocycles. The lowest BCUT2D eigenvalue weighted by Crippen LogP contribution is -2.48. The maximum atomic E-state index is 13.1. The number of nitro benzene ring substituents is 1. The zero-order valence-corrected chi connectivity index (χ0v) is 21.3. The van der Waals surface area contributed by atoms with Gasteiger partial charge in [-0.25, -0.2) is 8.42 Å². The Kier molecular flexibility index (Phi) is 7.63. The van der Waals surface area contributed by atoms with Gasteiger partial charge in [0, 0.05) is 48.9 Å². The second-order valence-electron chi connectivity index (χ2n) is 8.30. The lowest BCUT2D eigenvalue weighted by molar-refractivity contribution is -0.384. The van der Waals surface area contributed by atoms with Gasteiger partial charge in [0.05, 0.1) is 9.82 Å². The summed E-state index contributed by atoms with van der Waals surface area (Å²) in [5.41, 5.74) is 2.29. The highest BCUT2D eigenvalue weighted by molar-refractivity contribution is 7.98. The molecule has 3 aromatic rings. The van der Waals surface area contributed by atoms with E-state index < -0.39 is 14.9 Å². The van der Waals surface area contributed by atoms with Crippen LogP contribution in [-0.2, 0) is 10.0 Å². The Labute approximate surface area is 210 Å². The summed E-state index contributed by atoms with van der Waals surface area (Å²) in [5, 5.41) is 14.9. The van der Waals surface area contributed by atoms with E-state index in [1.54, 1.807) is 36.0 Å². The Bertz CT molecular complexity index is 1280. The molecular weight excluding hydrogens is 484 g/mol. The molecule has 0 spiro atoms. The lowest BCUT2D eigenvalue weighted by Gasteiger charge is -2.35. The predicted octanol–water partition coefficient (Wildman–Crippen LogP) is 5.00. The molecule has 8 nitrogen and oxygen atoms in total. The van der Waals surface area contributed by atoms with Crippen molar-refractivity contribution in [3.63, 3.8) is 0 Å². The molecule has 4 rings (SSSR count). The monoisotopic (exact) mass is 512 g/mol. The number of rotatable bonds is 8. The number of sulfonamides is 1. The van der Waals surface area contributed by atoms with E-state index in [-0.39, 0.29) is 11.7 Å². The Morgan fingerprint density at radius 2 is 1.63 bits per heavy atom. The summed E-state index contributed by atoms with van der Waals surface area (Å²) in [6.07, 6.45) is 1.95. The van der Waals surface area contributed by atoms with Crippen LogP contribution >= 0.6 is 11.8 Å². The summed E-state index contributed by atoms with van der Waals surface area (Å²) >= 11 is 1.57. The predicted molar refractivity (Wildman–Crippen MR) is 141 cm³/mol. The maximum Gasteiger partial charge on any atom is 0.292 e. The average Bonchev–Trinajstić information content (AvgIpc) is 2.89. The van der Waals surface area contributed by atoms with Crippen molar-refractivity contribution in [2.24, 2.45) is 0 Å². The summed E-state index contributed by atoms with van der Waals surface area (Å²) in [4.78, 5) is 14.6. The number of anilines is 2. The van der Waals surface area contributed by atoms with Gasteiger partial charge >= 0.3 is 0 Å². The van der Waals surface area contributed by atoms with Gasteiger partial charge in [-0.3, -0.25) is 10.1 Å². The summed E-state index contributed by atoms with van der Waals surface area (Å²) in [7, 11) is -3.57. The van der Waals surface area contributed by atoms with E-state index in [1.807, 2.05) is 55.6 Å². The van der Waals surface area contributed by atoms with Gasteiger partial charge < -0.3 is 10.2 Å². The number of nitro groups is 1. The van der Waals surface area contributed by atoms with E-state index in [4.69, 9.17) is 0 Å². The third-order valence-electron chi connectivity index (χ3n) is 6.15. The first kappa shape index (κ1) is 25.0. The van der Waals surface area contributed by atoms with Crippen LogP contribution in [-0.4, -0.2) is 50.1 Å². The van der Waals surface area contributed by atoms with Crippen molar-refractivity contribution in [3.8, 4) is 0 Å². The first-order chi connectivity index (χ1) is 16.8. The van der Waals surface area contributed by atoms with Gasteiger partial charge in [0.1, 0.15) is 5.69 Å². The summed E-state index contributed by atoms with van der Waals surface area (Å²) in [6, 6.07) is 21.6. The standard InChI is InChI=1S/C25H28N4O4S2/c1-19(20-6-4-3-5-7-20)26-24-18-21(8-13-25(24)29(30)31)27-14-16-28(17-15-27)35(32,33)23-11-9-22(34-2)10-12-23/h3-13,18-19,26H,14-17H2,1-2H3/t19-/m0/s1. The fourth-order valence-electron chi connectivity index (χ4n) is 4.14. The number of benzene rings is 3. The van der Waals surface area contributed by atoms with Crippen LogP contribution in [0.25, 0.3) is 0 Å². The third-order valence-corrected chi connectivity index (χ3v) is 8.81. The minimum Gasteiger partial charge on any atom is -0.373 e. The highest BCUT2D eigenvalue weighted by Crippen LogP contribution is 2.33. The number of nitrogens with one attached hydrogen (secondary N) is 1. The Balaban J connectivity index is 1.49. The SMILES string of the molecule is CSc1ccc(S(=O)(=O)N2CCN(c3ccc([N+](=O)[O-])c(N[C@@H](C)c4ccccc4)c3)CC2)cc1. The Morgan fingerprint density at radius 3 is 2.23 bits per heavy atom. The Hall–Kier alpha value is -3.08. The van der Waals surface area contributed by atoms with Crippen molar-refractivity contribution in [1.82, 2.24) is 4.31 Å². The van der Waals surface area contributed by atoms with E-state index in [0.717, 1.165) is 16.1 Å². The van der Waals surface area contributed by atoms with Gasteiger partial charge in [-0.05, 0) is 55.1 Å². The van der Waals surface area contributed by atoms with Crippen molar-refractivity contribution < 1.29 is 13.3 Å². The fraction of sp³-hybridized carbons (Fsp3) is 0.280. The molecule has 10 heteroatoms. The van der Waals surface area contributed by atoms with Gasteiger partial charge in [0.25, 0.3) is 5.69 Å². The smallest absolute Gasteiger partial charge is 0.292 e. The molecule has 0 amide bonds. The lowest BCUT2D eigenvalue weighted by atomic mass is 10.1. The number of hydrogen-bond acceptors (Lipinski definition) is 7. The highest BCUT2D eigenvalue weighted by atomic mass is 32.2. The molecule has 3 aromatic carbocycles. The molecule has 1 saturated heterocycles. The second-order valence-corrected chi connectivity index (χ2v) is 11.1. The van der Waals surface area contributed by atoms with Gasteiger partial charge in [-0.15, -0.1) is 11.8 Å². The summed E-state index contributed by atoms with van der Waals surface area (Å²) in [6.45, 7) is 3.63. The minimum absolute atomic E-state index is 0.00596. The van der Waals surface area contributed by atoms with Crippen LogP contribution in [0.3, 0.4) is 0 Å². The molecule has 35 heavy (non-hydrogen) atoms. The summed E-state index contributed by atoms with van der Waals surface area (Å²) < 4.78 is 27.7. The van der Waals surface area contributed by atoms with Crippen LogP contribution in [0.2, 0.25) is 0 Å². The van der Waals surface area contributed by atoms with Crippen LogP contribution in [0.15, 0.2) is 82.6 Å². The Morgan fingerprint density at radius 1 is 0.971 bits per heavy atom. The number of nitrogens with zero attached hydrogens (tertiary/aromatic N) is 3. The van der Waals surface area contributed by atoms with Gasteiger partial charge in [0.15, 0.2) is 0 Å². The first-order valence-corrected chi connectivity index (χ1v) is 13.9. The van der Waals surface area contributed by atoms with Gasteiger partial charge in [-0.2, -0.15) is 4.31 Å². The third kappa shape index (κ3) is 5.61. The molecule has 0 aliphatic carbocycles. The van der Waals surface area contributed by atoms with Crippen molar-refractivity contribution in [2.75, 3.05) is 42.7 Å². The van der Waals surface area contributed by atoms with E-state index in [9.17, 15) is 18.5 Å². The van der Waals surface area contributed by atoms with Crippen molar-refractivity contribution in [2.45, 2.75) is 22.8 Å². The first-order valence-electron chi connectivity index (χ1n) is 11.3. The van der Waals surface area contributed by atoms with E-state index in [1.165, 1.54) is 10.4 Å². The molecule has 0 bridgehead atoms. The largest absolute Gasteiger partial charge is 0.373 e. The van der Waals surface area contributed by atoms with Gasteiger partial charge in [0.2, 0.25) is 10.0 Å². The van der Waals surface area contributed by atoms with Crippen molar-refractivity contribution >= 4 is 38.8 Å². The maximum absolute atomic E-state index is 13.1. The molecule has 1 N–H and O–H groups in total. The molecule has 184 valence electrons. The topological polar surface area (TPSA) is 95.8 Å². The van der Waals surface area contributed by atoms with E-state index in [2.05, 4.69) is 10.2 Å². The van der Waals surface area contributed by atoms with Crippen LogP contribution in [0.4, 0.5) is 17.1 Å². The van der Waals surface area contributed by atoms with Crippen LogP contribution in [0.5, 0.6) is 0 Å². The van der Waals surface area contributed by atoms with Crippen molar-refractivity contribution in [3.05, 3.63) is 88.5 Å². The minimum atomic E-state index is -3.57. The molecule has 1 heterocycles. The van der Waals surface area contributed by atoms with Gasteiger partial charge in [-0.1, -0.05) is 30.3 Å². The molecule has 0 radical (unpaired) electrons. The van der Waals surface area contributed by atoms with Crippen LogP contribution < -0.4 is 10.2 Å². The van der Waals surface area contributed by atoms with E-state index in [0.29, 0.717) is 36.8 Å². The fourth-order valence-corrected chi connectivity index (χ4v) is 5.97. The molecule has 1 aliphatic heterocycles. The summed E-state index contributed by atoms with van der Waals surface area (Å²) in [5.74, 6) is 0. The second kappa shape index (κ2) is 10.7. The van der Waals surface area contributed by atoms with Crippen LogP contribution in [0.1, 0.15) is 18.5 Å². The van der Waals surface area contributed by atoms with E-state index >= 15 is 0 Å². The highest BCUT2D eigenvalue weighted by Gasteiger charge is 2.29. The van der Waals surface area contributed by atoms with Crippen LogP contribution in [0, 0.1) is 10.1 Å². The average molecular weight is 513 g/mol. The normalized spacial score (nSPS) is 15.5. The molecule has 1 aliphatic rings. The zero-order valence-electron chi connectivity index (χ0n) is 19.6. The molecule has 0 aromatic heterocycles. The number of hydrogen-bond donors (Lipinski definition) is 1. The molecule has 1 fully saturated rings. The molecular formula is C25H28N4O4S2. The zero-order chi connectivity index (χ0) is 25.0. The quantitative estimate of drug-likeness (QED) is 0.258. The van der Waals surface area contributed by atoms with Crippen molar-refractivity contribution in [1.29, 1.82) is 0 Å². The molecule has 0 unspecified atom stereocenters. The molecule has 1 atom stereocenters. The number of piperazine rings is 1. The number of thioether (sulfide) groups is 1.